The highest BCUT2D eigenvalue weighted by molar-refractivity contribution is 6.17. The molecule has 0 amide bonds. The minimum atomic E-state index is -1.20. The fourth-order valence-electron chi connectivity index (χ4n) is 1.45. The van der Waals surface area contributed by atoms with Crippen LogP contribution in [0.2, 0.25) is 0 Å². The zero-order valence-electron chi connectivity index (χ0n) is 8.86. The molecule has 3 nitrogen and oxygen atoms in total. The molecule has 0 bridgehead atoms. The van der Waals surface area contributed by atoms with Gasteiger partial charge in [-0.05, 0) is 12.5 Å². The van der Waals surface area contributed by atoms with Gasteiger partial charge in [0.15, 0.2) is 11.6 Å². The standard InChI is InChI=1S/C11H14ClFO3/c1-16-11-7(3-2-4-8(11)13)10(15)9(14)5-6-12/h2-4,9-10,14-15H,5-6H2,1H3. The Hall–Kier alpha value is -0.840. The van der Waals surface area contributed by atoms with E-state index in [9.17, 15) is 14.6 Å². The fraction of sp³-hybridized carbons (Fsp3) is 0.455. The van der Waals surface area contributed by atoms with Gasteiger partial charge in [0.1, 0.15) is 6.10 Å². The van der Waals surface area contributed by atoms with Crippen molar-refractivity contribution in [2.45, 2.75) is 18.6 Å². The number of benzene rings is 1. The van der Waals surface area contributed by atoms with Crippen molar-refractivity contribution in [3.05, 3.63) is 29.6 Å². The lowest BCUT2D eigenvalue weighted by atomic mass is 10.0. The number of ether oxygens (including phenoxy) is 1. The van der Waals surface area contributed by atoms with E-state index in [0.29, 0.717) is 0 Å². The summed E-state index contributed by atoms with van der Waals surface area (Å²) in [5.41, 5.74) is 0.222. The topological polar surface area (TPSA) is 49.7 Å². The maximum Gasteiger partial charge on any atom is 0.165 e. The van der Waals surface area contributed by atoms with Crippen molar-refractivity contribution in [2.24, 2.45) is 0 Å². The summed E-state index contributed by atoms with van der Waals surface area (Å²) in [6.07, 6.45) is -2.01. The number of halogens is 2. The molecule has 5 heteroatoms. The van der Waals surface area contributed by atoms with Crippen molar-refractivity contribution in [1.29, 1.82) is 0 Å². The Kier molecular flexibility index (Phi) is 4.99. The third kappa shape index (κ3) is 2.84. The minimum absolute atomic E-state index is 0.0522. The number of methoxy groups -OCH3 is 1. The largest absolute Gasteiger partial charge is 0.493 e. The molecule has 16 heavy (non-hydrogen) atoms. The van der Waals surface area contributed by atoms with Crippen LogP contribution in [-0.4, -0.2) is 29.3 Å². The van der Waals surface area contributed by atoms with Crippen LogP contribution in [0.3, 0.4) is 0 Å². The Balaban J connectivity index is 2.98. The summed E-state index contributed by atoms with van der Waals surface area (Å²) in [6, 6.07) is 4.18. The molecule has 2 atom stereocenters. The number of para-hydroxylation sites is 1. The highest BCUT2D eigenvalue weighted by Crippen LogP contribution is 2.30. The molecule has 1 rings (SSSR count). The minimum Gasteiger partial charge on any atom is -0.493 e. The molecule has 90 valence electrons. The second kappa shape index (κ2) is 6.03. The van der Waals surface area contributed by atoms with Crippen LogP contribution in [-0.2, 0) is 0 Å². The van der Waals surface area contributed by atoms with Gasteiger partial charge in [-0.15, -0.1) is 11.6 Å². The van der Waals surface area contributed by atoms with Crippen molar-refractivity contribution in [2.75, 3.05) is 13.0 Å². The average molecular weight is 249 g/mol. The molecular formula is C11H14ClFO3. The molecule has 0 heterocycles. The number of hydrogen-bond acceptors (Lipinski definition) is 3. The Morgan fingerprint density at radius 1 is 1.44 bits per heavy atom. The molecule has 0 spiro atoms. The third-order valence-corrected chi connectivity index (χ3v) is 2.51. The number of aliphatic hydroxyl groups excluding tert-OH is 2. The highest BCUT2D eigenvalue weighted by Gasteiger charge is 2.22. The molecule has 0 radical (unpaired) electrons. The van der Waals surface area contributed by atoms with Crippen LogP contribution in [0.25, 0.3) is 0 Å². The van der Waals surface area contributed by atoms with Gasteiger partial charge in [0, 0.05) is 11.4 Å². The van der Waals surface area contributed by atoms with Gasteiger partial charge in [-0.2, -0.15) is 0 Å². The van der Waals surface area contributed by atoms with Crippen LogP contribution in [0.1, 0.15) is 18.1 Å². The Morgan fingerprint density at radius 3 is 2.69 bits per heavy atom. The molecule has 0 fully saturated rings. The van der Waals surface area contributed by atoms with Gasteiger partial charge >= 0.3 is 0 Å². The lowest BCUT2D eigenvalue weighted by Crippen LogP contribution is -2.19. The van der Waals surface area contributed by atoms with Crippen LogP contribution in [0.5, 0.6) is 5.75 Å². The Labute approximate surface area is 98.4 Å². The SMILES string of the molecule is COc1c(F)cccc1C(O)C(O)CCCl. The number of aliphatic hydroxyl groups is 2. The number of alkyl halides is 1. The summed E-state index contributed by atoms with van der Waals surface area (Å²) < 4.78 is 18.2. The van der Waals surface area contributed by atoms with Crippen molar-refractivity contribution < 1.29 is 19.3 Å². The van der Waals surface area contributed by atoms with Crippen LogP contribution in [0, 0.1) is 5.82 Å². The lowest BCUT2D eigenvalue weighted by molar-refractivity contribution is 0.0154. The quantitative estimate of drug-likeness (QED) is 0.782. The molecule has 0 saturated carbocycles. The van der Waals surface area contributed by atoms with Gasteiger partial charge in [0.2, 0.25) is 0 Å². The van der Waals surface area contributed by atoms with Gasteiger partial charge in [0.25, 0.3) is 0 Å². The van der Waals surface area contributed by atoms with Gasteiger partial charge in [0.05, 0.1) is 13.2 Å². The normalized spacial score (nSPS) is 14.6. The molecule has 1 aromatic carbocycles. The second-order valence-electron chi connectivity index (χ2n) is 3.35. The van der Waals surface area contributed by atoms with Gasteiger partial charge < -0.3 is 14.9 Å². The summed E-state index contributed by atoms with van der Waals surface area (Å²) in [5, 5.41) is 19.4. The monoisotopic (exact) mass is 248 g/mol. The van der Waals surface area contributed by atoms with E-state index in [2.05, 4.69) is 0 Å². The van der Waals surface area contributed by atoms with Crippen LogP contribution < -0.4 is 4.74 Å². The van der Waals surface area contributed by atoms with Crippen molar-refractivity contribution in [3.8, 4) is 5.75 Å². The first-order valence-corrected chi connectivity index (χ1v) is 5.39. The summed E-state index contributed by atoms with van der Waals surface area (Å²) in [5.74, 6) is -0.406. The van der Waals surface area contributed by atoms with E-state index < -0.39 is 18.0 Å². The van der Waals surface area contributed by atoms with Crippen LogP contribution >= 0.6 is 11.6 Å². The zero-order valence-corrected chi connectivity index (χ0v) is 9.62. The van der Waals surface area contributed by atoms with Gasteiger partial charge in [-0.3, -0.25) is 0 Å². The van der Waals surface area contributed by atoms with Crippen molar-refractivity contribution >= 4 is 11.6 Å². The van der Waals surface area contributed by atoms with Gasteiger partial charge in [-0.25, -0.2) is 4.39 Å². The van der Waals surface area contributed by atoms with Crippen LogP contribution in [0.4, 0.5) is 4.39 Å². The predicted molar refractivity (Wildman–Crippen MR) is 59.3 cm³/mol. The van der Waals surface area contributed by atoms with E-state index in [1.54, 1.807) is 0 Å². The molecular weight excluding hydrogens is 235 g/mol. The van der Waals surface area contributed by atoms with Gasteiger partial charge in [-0.1, -0.05) is 12.1 Å². The molecule has 0 aliphatic rings. The molecule has 0 aliphatic heterocycles. The molecule has 0 saturated heterocycles. The first-order valence-electron chi connectivity index (χ1n) is 4.86. The van der Waals surface area contributed by atoms with E-state index in [1.165, 1.54) is 25.3 Å². The zero-order chi connectivity index (χ0) is 12.1. The highest BCUT2D eigenvalue weighted by atomic mass is 35.5. The van der Waals surface area contributed by atoms with Crippen molar-refractivity contribution in [3.63, 3.8) is 0 Å². The smallest absolute Gasteiger partial charge is 0.165 e. The number of hydrogen-bond donors (Lipinski definition) is 2. The summed E-state index contributed by atoms with van der Waals surface area (Å²) in [4.78, 5) is 0. The average Bonchev–Trinajstić information content (AvgIpc) is 2.28. The summed E-state index contributed by atoms with van der Waals surface area (Å²) >= 11 is 5.46. The molecule has 0 aromatic heterocycles. The molecule has 1 aromatic rings. The molecule has 2 unspecified atom stereocenters. The fourth-order valence-corrected chi connectivity index (χ4v) is 1.67. The maximum absolute atomic E-state index is 13.3. The number of rotatable bonds is 5. The first-order chi connectivity index (χ1) is 7.61. The third-order valence-electron chi connectivity index (χ3n) is 2.29. The summed E-state index contributed by atoms with van der Waals surface area (Å²) in [7, 11) is 1.31. The Bertz CT molecular complexity index is 346. The van der Waals surface area contributed by atoms with E-state index in [4.69, 9.17) is 16.3 Å². The predicted octanol–water partition coefficient (Wildman–Crippen LogP) is 1.86. The maximum atomic E-state index is 13.3. The first kappa shape index (κ1) is 13.2. The van der Waals surface area contributed by atoms with Crippen LogP contribution in [0.15, 0.2) is 18.2 Å². The Morgan fingerprint density at radius 2 is 2.12 bits per heavy atom. The van der Waals surface area contributed by atoms with Crippen molar-refractivity contribution in [1.82, 2.24) is 0 Å². The van der Waals surface area contributed by atoms with E-state index in [1.807, 2.05) is 0 Å². The van der Waals surface area contributed by atoms with E-state index in [0.717, 1.165) is 0 Å². The summed E-state index contributed by atoms with van der Waals surface area (Å²) in [6.45, 7) is 0. The second-order valence-corrected chi connectivity index (χ2v) is 3.73. The molecule has 2 N–H and O–H groups in total. The molecule has 0 aliphatic carbocycles. The lowest BCUT2D eigenvalue weighted by Gasteiger charge is -2.19. The van der Waals surface area contributed by atoms with E-state index in [-0.39, 0.29) is 23.6 Å². The van der Waals surface area contributed by atoms with E-state index >= 15 is 0 Å².